The van der Waals surface area contributed by atoms with Gasteiger partial charge in [-0.1, -0.05) is 0 Å². The molecule has 1 aliphatic rings. The highest BCUT2D eigenvalue weighted by molar-refractivity contribution is 5.92. The Balaban J connectivity index is 1.64. The number of hydrogen-bond acceptors (Lipinski definition) is 6. The van der Waals surface area contributed by atoms with E-state index in [9.17, 15) is 4.79 Å². The second-order valence-corrected chi connectivity index (χ2v) is 6.06. The van der Waals surface area contributed by atoms with Gasteiger partial charge in [0.2, 0.25) is 0 Å². The number of carbonyl (C=O) groups is 1. The first kappa shape index (κ1) is 14.6. The topological polar surface area (TPSA) is 108 Å². The van der Waals surface area contributed by atoms with E-state index in [2.05, 4.69) is 25.1 Å². The lowest BCUT2D eigenvalue weighted by molar-refractivity contribution is 0.1000. The minimum atomic E-state index is -0.459. The van der Waals surface area contributed by atoms with E-state index in [1.165, 1.54) is 6.20 Å². The van der Waals surface area contributed by atoms with Gasteiger partial charge in [-0.25, -0.2) is 9.97 Å². The summed E-state index contributed by atoms with van der Waals surface area (Å²) < 4.78 is 3.57. The number of nitrogens with two attached hydrogens (primary N) is 1. The number of carbonyl (C=O) groups excluding carboxylic acids is 1. The van der Waals surface area contributed by atoms with Crippen molar-refractivity contribution < 1.29 is 4.79 Å². The highest BCUT2D eigenvalue weighted by Crippen LogP contribution is 2.30. The molecule has 124 valence electrons. The minimum Gasteiger partial charge on any atom is -0.366 e. The summed E-state index contributed by atoms with van der Waals surface area (Å²) in [6.07, 6.45) is 5.95. The van der Waals surface area contributed by atoms with Crippen LogP contribution < -0.4 is 10.6 Å². The summed E-state index contributed by atoms with van der Waals surface area (Å²) in [5.41, 5.74) is 6.56. The summed E-state index contributed by atoms with van der Waals surface area (Å²) in [6, 6.07) is 0.181. The van der Waals surface area contributed by atoms with Crippen LogP contribution in [0.15, 0.2) is 18.6 Å². The maximum atomic E-state index is 11.2. The van der Waals surface area contributed by atoms with Gasteiger partial charge in [0, 0.05) is 26.3 Å². The number of aryl methyl sites for hydroxylation is 2. The van der Waals surface area contributed by atoms with E-state index in [1.54, 1.807) is 17.1 Å². The fraction of sp³-hybridized carbons (Fsp3) is 0.400. The van der Waals surface area contributed by atoms with Crippen molar-refractivity contribution in [3.8, 4) is 0 Å². The van der Waals surface area contributed by atoms with E-state index < -0.39 is 5.91 Å². The number of hydrogen-bond donors (Lipinski definition) is 1. The third kappa shape index (κ3) is 2.29. The van der Waals surface area contributed by atoms with E-state index in [-0.39, 0.29) is 6.04 Å². The van der Waals surface area contributed by atoms with Crippen molar-refractivity contribution in [2.45, 2.75) is 19.4 Å². The van der Waals surface area contributed by atoms with Crippen LogP contribution >= 0.6 is 0 Å². The van der Waals surface area contributed by atoms with Gasteiger partial charge >= 0.3 is 0 Å². The zero-order chi connectivity index (χ0) is 16.8. The molecule has 1 amide bonds. The van der Waals surface area contributed by atoms with Crippen molar-refractivity contribution in [1.29, 1.82) is 0 Å². The molecule has 4 heterocycles. The number of amides is 1. The molecule has 1 fully saturated rings. The molecule has 1 unspecified atom stereocenters. The lowest BCUT2D eigenvalue weighted by Crippen LogP contribution is -2.23. The molecule has 3 aromatic heterocycles. The summed E-state index contributed by atoms with van der Waals surface area (Å²) >= 11 is 0. The van der Waals surface area contributed by atoms with E-state index in [0.29, 0.717) is 5.56 Å². The quantitative estimate of drug-likeness (QED) is 0.747. The van der Waals surface area contributed by atoms with E-state index >= 15 is 0 Å². The average molecular weight is 326 g/mol. The molecule has 0 saturated carbocycles. The Morgan fingerprint density at radius 1 is 1.29 bits per heavy atom. The van der Waals surface area contributed by atoms with Gasteiger partial charge in [-0.05, 0) is 13.3 Å². The molecule has 0 spiro atoms. The van der Waals surface area contributed by atoms with Crippen LogP contribution in [0.1, 0.15) is 28.6 Å². The van der Waals surface area contributed by atoms with Crippen molar-refractivity contribution in [2.75, 3.05) is 18.0 Å². The lowest BCUT2D eigenvalue weighted by atomic mass is 10.2. The van der Waals surface area contributed by atoms with Crippen molar-refractivity contribution in [1.82, 2.24) is 29.5 Å². The molecule has 2 N–H and O–H groups in total. The Labute approximate surface area is 138 Å². The van der Waals surface area contributed by atoms with Gasteiger partial charge in [-0.3, -0.25) is 14.2 Å². The number of anilines is 1. The van der Waals surface area contributed by atoms with Crippen molar-refractivity contribution in [2.24, 2.45) is 12.8 Å². The molecule has 9 heteroatoms. The Kier molecular flexibility index (Phi) is 3.22. The minimum absolute atomic E-state index is 0.181. The predicted octanol–water partition coefficient (Wildman–Crippen LogP) is 0.419. The van der Waals surface area contributed by atoms with E-state index in [0.717, 1.165) is 42.2 Å². The zero-order valence-electron chi connectivity index (χ0n) is 13.5. The van der Waals surface area contributed by atoms with Crippen LogP contribution in [-0.4, -0.2) is 48.5 Å². The normalized spacial score (nSPS) is 17.8. The fourth-order valence-corrected chi connectivity index (χ4v) is 3.17. The third-order valence-corrected chi connectivity index (χ3v) is 4.41. The Morgan fingerprint density at radius 3 is 2.88 bits per heavy atom. The fourth-order valence-electron chi connectivity index (χ4n) is 3.17. The molecule has 0 aromatic carbocycles. The van der Waals surface area contributed by atoms with Crippen molar-refractivity contribution >= 4 is 22.8 Å². The van der Waals surface area contributed by atoms with Crippen molar-refractivity contribution in [3.05, 3.63) is 30.0 Å². The predicted molar refractivity (Wildman–Crippen MR) is 87.7 cm³/mol. The van der Waals surface area contributed by atoms with Crippen LogP contribution in [0.25, 0.3) is 11.0 Å². The van der Waals surface area contributed by atoms with Gasteiger partial charge in [0.25, 0.3) is 5.91 Å². The van der Waals surface area contributed by atoms with E-state index in [1.807, 2.05) is 18.7 Å². The highest BCUT2D eigenvalue weighted by atomic mass is 16.1. The van der Waals surface area contributed by atoms with Gasteiger partial charge in [0.15, 0.2) is 5.65 Å². The molecule has 4 rings (SSSR count). The van der Waals surface area contributed by atoms with Gasteiger partial charge in [-0.2, -0.15) is 10.2 Å². The van der Waals surface area contributed by atoms with Gasteiger partial charge < -0.3 is 10.6 Å². The summed E-state index contributed by atoms with van der Waals surface area (Å²) in [5, 5.41) is 9.51. The van der Waals surface area contributed by atoms with Crippen molar-refractivity contribution in [3.63, 3.8) is 0 Å². The molecule has 0 radical (unpaired) electrons. The molecule has 9 nitrogen and oxygen atoms in total. The molecular formula is C15H18N8O. The number of rotatable bonds is 3. The summed E-state index contributed by atoms with van der Waals surface area (Å²) in [6.45, 7) is 3.51. The van der Waals surface area contributed by atoms with Gasteiger partial charge in [-0.15, -0.1) is 0 Å². The maximum absolute atomic E-state index is 11.2. The lowest BCUT2D eigenvalue weighted by Gasteiger charge is -2.18. The highest BCUT2D eigenvalue weighted by Gasteiger charge is 2.28. The first-order valence-corrected chi connectivity index (χ1v) is 7.78. The Bertz CT molecular complexity index is 927. The van der Waals surface area contributed by atoms with Crippen LogP contribution in [0.2, 0.25) is 0 Å². The van der Waals surface area contributed by atoms with Crippen LogP contribution in [0.5, 0.6) is 0 Å². The van der Waals surface area contributed by atoms with Gasteiger partial charge in [0.05, 0.1) is 29.4 Å². The third-order valence-electron chi connectivity index (χ3n) is 4.41. The van der Waals surface area contributed by atoms with Crippen LogP contribution in [0.3, 0.4) is 0 Å². The molecule has 0 aliphatic carbocycles. The maximum Gasteiger partial charge on any atom is 0.251 e. The molecule has 0 bridgehead atoms. The molecule has 1 atom stereocenters. The van der Waals surface area contributed by atoms with Crippen LogP contribution in [0, 0.1) is 6.92 Å². The Morgan fingerprint density at radius 2 is 2.12 bits per heavy atom. The Hall–Kier alpha value is -2.97. The summed E-state index contributed by atoms with van der Waals surface area (Å²) in [4.78, 5) is 22.5. The largest absolute Gasteiger partial charge is 0.366 e. The monoisotopic (exact) mass is 326 g/mol. The number of primary amides is 1. The number of nitrogens with zero attached hydrogens (tertiary/aromatic N) is 7. The molecule has 24 heavy (non-hydrogen) atoms. The molecule has 3 aromatic rings. The molecular weight excluding hydrogens is 308 g/mol. The van der Waals surface area contributed by atoms with Crippen LogP contribution in [0.4, 0.5) is 5.82 Å². The second-order valence-electron chi connectivity index (χ2n) is 6.06. The second kappa shape index (κ2) is 5.29. The van der Waals surface area contributed by atoms with Gasteiger partial charge in [0.1, 0.15) is 11.6 Å². The van der Waals surface area contributed by atoms with E-state index in [4.69, 9.17) is 5.73 Å². The first-order valence-electron chi connectivity index (χ1n) is 7.78. The van der Waals surface area contributed by atoms with Crippen LogP contribution in [-0.2, 0) is 7.05 Å². The zero-order valence-corrected chi connectivity index (χ0v) is 13.5. The summed E-state index contributed by atoms with van der Waals surface area (Å²) in [5.74, 6) is 1.16. The smallest absolute Gasteiger partial charge is 0.251 e. The SMILES string of the molecule is Cc1nc(N2CCC(n3cc(C(N)=O)cn3)C2)c2cnn(C)c2n1. The molecule has 1 saturated heterocycles. The first-order chi connectivity index (χ1) is 11.5. The molecule has 1 aliphatic heterocycles. The summed E-state index contributed by atoms with van der Waals surface area (Å²) in [7, 11) is 1.88. The standard InChI is InChI=1S/C15H18N8O/c1-9-19-14-12(6-17-21(14)2)15(20-9)22-4-3-11(8-22)23-7-10(5-18-23)13(16)24/h5-7,11H,3-4,8H2,1-2H3,(H2,16,24). The average Bonchev–Trinajstić information content (AvgIpc) is 3.26. The number of fused-ring (bicyclic) bond motifs is 1. The number of aromatic nitrogens is 6.